The highest BCUT2D eigenvalue weighted by molar-refractivity contribution is 7.90. The van der Waals surface area contributed by atoms with Crippen molar-refractivity contribution in [2.24, 2.45) is 4.99 Å². The minimum Gasteiger partial charge on any atom is -0.212 e. The summed E-state index contributed by atoms with van der Waals surface area (Å²) in [6, 6.07) is 0. The molecule has 0 aromatic carbocycles. The van der Waals surface area contributed by atoms with Crippen molar-refractivity contribution in [3.8, 4) is 0 Å². The summed E-state index contributed by atoms with van der Waals surface area (Å²) in [6.45, 7) is 5.39. The quantitative estimate of drug-likeness (QED) is 0.544. The lowest BCUT2D eigenvalue weighted by Gasteiger charge is -2.35. The van der Waals surface area contributed by atoms with E-state index in [1.165, 1.54) is 10.4 Å². The fourth-order valence-corrected chi connectivity index (χ4v) is 3.26. The molecule has 0 aromatic rings. The molecule has 1 unspecified atom stereocenters. The highest BCUT2D eigenvalue weighted by Crippen LogP contribution is 2.28. The Morgan fingerprint density at radius 1 is 1.31 bits per heavy atom. The molecule has 0 saturated carbocycles. The maximum Gasteiger partial charge on any atom is 0.236 e. The number of hydrogen-bond acceptors (Lipinski definition) is 4. The number of nitrogens with zero attached hydrogens (tertiary/aromatic N) is 2. The van der Waals surface area contributed by atoms with Crippen molar-refractivity contribution in [1.82, 2.24) is 4.31 Å². The van der Waals surface area contributed by atoms with Crippen LogP contribution in [0.4, 0.5) is 0 Å². The van der Waals surface area contributed by atoms with Crippen LogP contribution in [0.5, 0.6) is 0 Å². The molecule has 1 rings (SSSR count). The molecule has 1 saturated heterocycles. The summed E-state index contributed by atoms with van der Waals surface area (Å²) in [5.74, 6) is 0. The normalized spacial score (nSPS) is 23.8. The zero-order valence-corrected chi connectivity index (χ0v) is 10.7. The standard InChI is InChI=1S/C10H18N2O3S/c1-10(2,3)16(14,15)12-7-5-4-6-9(12)11-8-13/h9H,4-7H2,1-3H3. The molecule has 1 aliphatic heterocycles. The lowest BCUT2D eigenvalue weighted by Crippen LogP contribution is -2.49. The lowest BCUT2D eigenvalue weighted by atomic mass is 10.1. The maximum absolute atomic E-state index is 12.2. The van der Waals surface area contributed by atoms with E-state index >= 15 is 0 Å². The molecule has 1 atom stereocenters. The van der Waals surface area contributed by atoms with Gasteiger partial charge >= 0.3 is 0 Å². The number of sulfonamides is 1. The minimum atomic E-state index is -3.41. The van der Waals surface area contributed by atoms with Gasteiger partial charge in [0, 0.05) is 6.54 Å². The lowest BCUT2D eigenvalue weighted by molar-refractivity contribution is 0.253. The van der Waals surface area contributed by atoms with Gasteiger partial charge in [0.25, 0.3) is 0 Å². The van der Waals surface area contributed by atoms with Gasteiger partial charge in [0.1, 0.15) is 6.17 Å². The van der Waals surface area contributed by atoms with Crippen molar-refractivity contribution in [2.45, 2.75) is 50.9 Å². The maximum atomic E-state index is 12.2. The van der Waals surface area contributed by atoms with Crippen LogP contribution < -0.4 is 0 Å². The summed E-state index contributed by atoms with van der Waals surface area (Å²) >= 11 is 0. The van der Waals surface area contributed by atoms with Crippen LogP contribution in [-0.4, -0.2) is 36.3 Å². The van der Waals surface area contributed by atoms with Gasteiger partial charge in [0.05, 0.1) is 4.75 Å². The molecule has 16 heavy (non-hydrogen) atoms. The van der Waals surface area contributed by atoms with Gasteiger partial charge in [-0.15, -0.1) is 0 Å². The van der Waals surface area contributed by atoms with Crippen LogP contribution in [0.2, 0.25) is 0 Å². The SMILES string of the molecule is CC(C)(C)S(=O)(=O)N1CCCCC1N=C=O. The number of aliphatic imine (C=N–C) groups is 1. The van der Waals surface area contributed by atoms with E-state index in [0.29, 0.717) is 13.0 Å². The predicted molar refractivity (Wildman–Crippen MR) is 61.1 cm³/mol. The monoisotopic (exact) mass is 246 g/mol. The first kappa shape index (κ1) is 13.4. The van der Waals surface area contributed by atoms with Gasteiger partial charge in [0.15, 0.2) is 0 Å². The third-order valence-corrected chi connectivity index (χ3v) is 5.30. The Hall–Kier alpha value is -0.710. The number of carbonyl (C=O) groups excluding carboxylic acids is 1. The third-order valence-electron chi connectivity index (χ3n) is 2.71. The van der Waals surface area contributed by atoms with Crippen LogP contribution in [0.15, 0.2) is 4.99 Å². The first-order chi connectivity index (χ1) is 7.30. The summed E-state index contributed by atoms with van der Waals surface area (Å²) in [6.07, 6.45) is 3.22. The van der Waals surface area contributed by atoms with Gasteiger partial charge in [-0.25, -0.2) is 13.2 Å². The molecular formula is C10H18N2O3S. The number of isocyanates is 1. The first-order valence-corrected chi connectivity index (χ1v) is 6.83. The summed E-state index contributed by atoms with van der Waals surface area (Å²) in [7, 11) is -3.41. The van der Waals surface area contributed by atoms with Crippen LogP contribution in [0.1, 0.15) is 40.0 Å². The van der Waals surface area contributed by atoms with Crippen LogP contribution in [0, 0.1) is 0 Å². The second-order valence-electron chi connectivity index (χ2n) is 4.92. The summed E-state index contributed by atoms with van der Waals surface area (Å²) in [5.41, 5.74) is 0. The fraction of sp³-hybridized carbons (Fsp3) is 0.900. The molecule has 0 bridgehead atoms. The van der Waals surface area contributed by atoms with Gasteiger partial charge in [0.2, 0.25) is 16.1 Å². The second kappa shape index (κ2) is 4.65. The van der Waals surface area contributed by atoms with Crippen molar-refractivity contribution >= 4 is 16.1 Å². The molecule has 0 N–H and O–H groups in total. The Balaban J connectivity index is 3.05. The summed E-state index contributed by atoms with van der Waals surface area (Å²) in [5, 5.41) is 0. The largest absolute Gasteiger partial charge is 0.236 e. The highest BCUT2D eigenvalue weighted by Gasteiger charge is 2.40. The molecule has 0 aromatic heterocycles. The van der Waals surface area contributed by atoms with E-state index in [1.54, 1.807) is 20.8 Å². The minimum absolute atomic E-state index is 0.440. The van der Waals surface area contributed by atoms with Gasteiger partial charge < -0.3 is 0 Å². The van der Waals surface area contributed by atoms with E-state index in [4.69, 9.17) is 0 Å². The molecule has 1 fully saturated rings. The van der Waals surface area contributed by atoms with Gasteiger partial charge in [-0.05, 0) is 40.0 Å². The van der Waals surface area contributed by atoms with E-state index < -0.39 is 20.9 Å². The summed E-state index contributed by atoms with van der Waals surface area (Å²) < 4.78 is 24.9. The molecule has 1 aliphatic rings. The highest BCUT2D eigenvalue weighted by atomic mass is 32.2. The topological polar surface area (TPSA) is 66.8 Å². The van der Waals surface area contributed by atoms with Crippen molar-refractivity contribution in [3.63, 3.8) is 0 Å². The van der Waals surface area contributed by atoms with Crippen LogP contribution >= 0.6 is 0 Å². The summed E-state index contributed by atoms with van der Waals surface area (Å²) in [4.78, 5) is 13.9. The third kappa shape index (κ3) is 2.51. The van der Waals surface area contributed by atoms with E-state index in [0.717, 1.165) is 12.8 Å². The Morgan fingerprint density at radius 3 is 2.44 bits per heavy atom. The van der Waals surface area contributed by atoms with E-state index in [1.807, 2.05) is 0 Å². The number of piperidine rings is 1. The molecule has 1 heterocycles. The number of rotatable bonds is 2. The molecule has 0 spiro atoms. The Kier molecular flexibility index (Phi) is 3.88. The van der Waals surface area contributed by atoms with E-state index in [9.17, 15) is 13.2 Å². The number of hydrogen-bond donors (Lipinski definition) is 0. The Labute approximate surface area is 96.6 Å². The van der Waals surface area contributed by atoms with Crippen LogP contribution in [0.3, 0.4) is 0 Å². The predicted octanol–water partition coefficient (Wildman–Crippen LogP) is 1.26. The molecule has 5 nitrogen and oxygen atoms in total. The smallest absolute Gasteiger partial charge is 0.212 e. The molecular weight excluding hydrogens is 228 g/mol. The molecule has 0 amide bonds. The van der Waals surface area contributed by atoms with Gasteiger partial charge in [-0.3, -0.25) is 0 Å². The van der Waals surface area contributed by atoms with Crippen LogP contribution in [-0.2, 0) is 14.8 Å². The Bertz CT molecular complexity index is 391. The van der Waals surface area contributed by atoms with Crippen molar-refractivity contribution in [3.05, 3.63) is 0 Å². The zero-order valence-electron chi connectivity index (χ0n) is 9.93. The van der Waals surface area contributed by atoms with Gasteiger partial charge in [-0.2, -0.15) is 9.30 Å². The van der Waals surface area contributed by atoms with Gasteiger partial charge in [-0.1, -0.05) is 0 Å². The Morgan fingerprint density at radius 2 is 1.94 bits per heavy atom. The van der Waals surface area contributed by atoms with Crippen LogP contribution in [0.25, 0.3) is 0 Å². The second-order valence-corrected chi connectivity index (χ2v) is 7.57. The van der Waals surface area contributed by atoms with Crippen molar-refractivity contribution < 1.29 is 13.2 Å². The van der Waals surface area contributed by atoms with Crippen molar-refractivity contribution in [2.75, 3.05) is 6.54 Å². The molecule has 0 radical (unpaired) electrons. The van der Waals surface area contributed by atoms with Crippen molar-refractivity contribution in [1.29, 1.82) is 0 Å². The molecule has 92 valence electrons. The zero-order chi connectivity index (χ0) is 12.4. The van der Waals surface area contributed by atoms with E-state index in [2.05, 4.69) is 4.99 Å². The fourth-order valence-electron chi connectivity index (χ4n) is 1.71. The average Bonchev–Trinajstić information content (AvgIpc) is 2.17. The van der Waals surface area contributed by atoms with E-state index in [-0.39, 0.29) is 0 Å². The molecule has 6 heteroatoms. The average molecular weight is 246 g/mol. The molecule has 0 aliphatic carbocycles. The first-order valence-electron chi connectivity index (χ1n) is 5.39.